The van der Waals surface area contributed by atoms with Crippen molar-refractivity contribution in [1.82, 2.24) is 4.90 Å². The predicted octanol–water partition coefficient (Wildman–Crippen LogP) is 0.812. The maximum absolute atomic E-state index is 11.4. The summed E-state index contributed by atoms with van der Waals surface area (Å²) in [5.41, 5.74) is 0. The van der Waals surface area contributed by atoms with Gasteiger partial charge in [-0.25, -0.2) is 8.42 Å². The lowest BCUT2D eigenvalue weighted by Crippen LogP contribution is -2.39. The van der Waals surface area contributed by atoms with E-state index >= 15 is 0 Å². The Morgan fingerprint density at radius 1 is 1.38 bits per heavy atom. The summed E-state index contributed by atoms with van der Waals surface area (Å²) in [5, 5.41) is -1.16. The fourth-order valence-corrected chi connectivity index (χ4v) is 1.53. The predicted molar refractivity (Wildman–Crippen MR) is 52.2 cm³/mol. The summed E-state index contributed by atoms with van der Waals surface area (Å²) in [7, 11) is 1.27. The van der Waals surface area contributed by atoms with E-state index in [0.29, 0.717) is 13.1 Å². The standard InChI is InChI=1S/C7H14ClNO3S/c1-4-9(5-2)7(10)6(3)13(8,11)12/h6H,4-5H2,1-3H3/t6-/m0/s1. The molecule has 0 rings (SSSR count). The molecule has 0 aliphatic heterocycles. The summed E-state index contributed by atoms with van der Waals surface area (Å²) in [6.45, 7) is 5.85. The summed E-state index contributed by atoms with van der Waals surface area (Å²) < 4.78 is 21.7. The van der Waals surface area contributed by atoms with Crippen LogP contribution in [0.5, 0.6) is 0 Å². The minimum Gasteiger partial charge on any atom is -0.342 e. The quantitative estimate of drug-likeness (QED) is 0.668. The summed E-state index contributed by atoms with van der Waals surface area (Å²) in [6, 6.07) is 0. The number of rotatable bonds is 4. The molecule has 0 heterocycles. The van der Waals surface area contributed by atoms with E-state index < -0.39 is 20.2 Å². The van der Waals surface area contributed by atoms with Crippen molar-refractivity contribution >= 4 is 25.6 Å². The summed E-state index contributed by atoms with van der Waals surface area (Å²) >= 11 is 0. The zero-order valence-corrected chi connectivity index (χ0v) is 9.52. The highest BCUT2D eigenvalue weighted by Crippen LogP contribution is 2.09. The van der Waals surface area contributed by atoms with Gasteiger partial charge in [-0.3, -0.25) is 4.79 Å². The van der Waals surface area contributed by atoms with Crippen LogP contribution in [-0.4, -0.2) is 37.6 Å². The number of hydrogen-bond donors (Lipinski definition) is 0. The van der Waals surface area contributed by atoms with Gasteiger partial charge in [0.2, 0.25) is 15.0 Å². The number of carbonyl (C=O) groups excluding carboxylic acids is 1. The van der Waals surface area contributed by atoms with Gasteiger partial charge in [0.1, 0.15) is 0 Å². The number of carbonyl (C=O) groups is 1. The minimum atomic E-state index is -3.79. The number of nitrogens with zero attached hydrogens (tertiary/aromatic N) is 1. The van der Waals surface area contributed by atoms with Crippen LogP contribution in [-0.2, 0) is 13.8 Å². The van der Waals surface area contributed by atoms with Crippen molar-refractivity contribution in [1.29, 1.82) is 0 Å². The van der Waals surface area contributed by atoms with Crippen molar-refractivity contribution in [3.05, 3.63) is 0 Å². The lowest BCUT2D eigenvalue weighted by atomic mass is 10.4. The molecular weight excluding hydrogens is 214 g/mol. The topological polar surface area (TPSA) is 54.5 Å². The van der Waals surface area contributed by atoms with E-state index in [0.717, 1.165) is 0 Å². The summed E-state index contributed by atoms with van der Waals surface area (Å²) in [4.78, 5) is 12.8. The Balaban J connectivity index is 4.60. The number of halogens is 1. The van der Waals surface area contributed by atoms with E-state index in [4.69, 9.17) is 10.7 Å². The molecule has 4 nitrogen and oxygen atoms in total. The van der Waals surface area contributed by atoms with E-state index in [1.54, 1.807) is 13.8 Å². The molecule has 0 saturated heterocycles. The van der Waals surface area contributed by atoms with Crippen LogP contribution in [0.25, 0.3) is 0 Å². The average Bonchev–Trinajstić information content (AvgIpc) is 2.03. The monoisotopic (exact) mass is 227 g/mol. The van der Waals surface area contributed by atoms with Gasteiger partial charge < -0.3 is 4.90 Å². The smallest absolute Gasteiger partial charge is 0.244 e. The van der Waals surface area contributed by atoms with E-state index in [1.165, 1.54) is 11.8 Å². The van der Waals surface area contributed by atoms with Crippen molar-refractivity contribution in [2.24, 2.45) is 0 Å². The van der Waals surface area contributed by atoms with Crippen LogP contribution in [0.3, 0.4) is 0 Å². The van der Waals surface area contributed by atoms with Crippen LogP contribution < -0.4 is 0 Å². The average molecular weight is 228 g/mol. The second kappa shape index (κ2) is 4.81. The molecule has 0 bridgehead atoms. The molecule has 6 heteroatoms. The molecule has 0 aromatic carbocycles. The molecule has 0 spiro atoms. The molecule has 0 saturated carbocycles. The molecule has 1 atom stereocenters. The van der Waals surface area contributed by atoms with E-state index in [-0.39, 0.29) is 0 Å². The van der Waals surface area contributed by atoms with Gasteiger partial charge in [-0.1, -0.05) is 0 Å². The molecule has 0 aromatic rings. The van der Waals surface area contributed by atoms with Gasteiger partial charge in [0.15, 0.2) is 5.25 Å². The van der Waals surface area contributed by atoms with Gasteiger partial charge in [0, 0.05) is 23.8 Å². The molecule has 0 aliphatic carbocycles. The maximum Gasteiger partial charge on any atom is 0.244 e. The molecular formula is C7H14ClNO3S. The van der Waals surface area contributed by atoms with Gasteiger partial charge in [-0.15, -0.1) is 0 Å². The van der Waals surface area contributed by atoms with Crippen LogP contribution in [0.15, 0.2) is 0 Å². The number of hydrogen-bond acceptors (Lipinski definition) is 3. The van der Waals surface area contributed by atoms with E-state index in [2.05, 4.69) is 0 Å². The van der Waals surface area contributed by atoms with E-state index in [1.807, 2.05) is 0 Å². The Hall–Kier alpha value is -0.290. The SMILES string of the molecule is CCN(CC)C(=O)[C@H](C)S(=O)(=O)Cl. The molecule has 0 N–H and O–H groups in total. The van der Waals surface area contributed by atoms with Crippen LogP contribution in [0.2, 0.25) is 0 Å². The summed E-state index contributed by atoms with van der Waals surface area (Å²) in [5.74, 6) is -0.444. The molecule has 0 fully saturated rings. The third-order valence-corrected chi connectivity index (χ3v) is 3.69. The zero-order chi connectivity index (χ0) is 10.6. The summed E-state index contributed by atoms with van der Waals surface area (Å²) in [6.07, 6.45) is 0. The van der Waals surface area contributed by atoms with Gasteiger partial charge in [0.25, 0.3) is 0 Å². The maximum atomic E-state index is 11.4. The van der Waals surface area contributed by atoms with Crippen molar-refractivity contribution in [2.75, 3.05) is 13.1 Å². The van der Waals surface area contributed by atoms with Gasteiger partial charge >= 0.3 is 0 Å². The lowest BCUT2D eigenvalue weighted by molar-refractivity contribution is -0.130. The molecule has 13 heavy (non-hydrogen) atoms. The van der Waals surface area contributed by atoms with Crippen molar-refractivity contribution in [3.63, 3.8) is 0 Å². The Bertz CT molecular complexity index is 271. The van der Waals surface area contributed by atoms with Crippen LogP contribution in [0.1, 0.15) is 20.8 Å². The third-order valence-electron chi connectivity index (χ3n) is 1.85. The zero-order valence-electron chi connectivity index (χ0n) is 7.95. The Labute approximate surface area is 83.3 Å². The second-order valence-electron chi connectivity index (χ2n) is 2.63. The molecule has 0 radical (unpaired) electrons. The first kappa shape index (κ1) is 12.7. The largest absolute Gasteiger partial charge is 0.342 e. The highest BCUT2D eigenvalue weighted by Gasteiger charge is 2.28. The van der Waals surface area contributed by atoms with Crippen LogP contribution >= 0.6 is 10.7 Å². The number of amides is 1. The molecule has 1 amide bonds. The van der Waals surface area contributed by atoms with Crippen molar-refractivity contribution in [3.8, 4) is 0 Å². The normalized spacial score (nSPS) is 13.8. The molecule has 78 valence electrons. The Morgan fingerprint density at radius 2 is 1.77 bits per heavy atom. The van der Waals surface area contributed by atoms with Crippen molar-refractivity contribution < 1.29 is 13.2 Å². The lowest BCUT2D eigenvalue weighted by Gasteiger charge is -2.20. The van der Waals surface area contributed by atoms with E-state index in [9.17, 15) is 13.2 Å². The fraction of sp³-hybridized carbons (Fsp3) is 0.857. The first-order chi connectivity index (χ1) is 5.84. The highest BCUT2D eigenvalue weighted by atomic mass is 35.7. The van der Waals surface area contributed by atoms with Gasteiger partial charge in [-0.2, -0.15) is 0 Å². The highest BCUT2D eigenvalue weighted by molar-refractivity contribution is 8.14. The fourth-order valence-electron chi connectivity index (χ4n) is 0.913. The van der Waals surface area contributed by atoms with Crippen LogP contribution in [0, 0.1) is 0 Å². The van der Waals surface area contributed by atoms with Gasteiger partial charge in [-0.05, 0) is 20.8 Å². The van der Waals surface area contributed by atoms with Crippen molar-refractivity contribution in [2.45, 2.75) is 26.0 Å². The Morgan fingerprint density at radius 3 is 2.00 bits per heavy atom. The second-order valence-corrected chi connectivity index (χ2v) is 5.58. The third kappa shape index (κ3) is 3.52. The van der Waals surface area contributed by atoms with Crippen LogP contribution in [0.4, 0.5) is 0 Å². The Kier molecular flexibility index (Phi) is 4.70. The van der Waals surface area contributed by atoms with Gasteiger partial charge in [0.05, 0.1) is 0 Å². The molecule has 0 aromatic heterocycles. The minimum absolute atomic E-state index is 0.444. The molecule has 0 unspecified atom stereocenters. The molecule has 0 aliphatic rings. The first-order valence-electron chi connectivity index (χ1n) is 4.06. The first-order valence-corrected chi connectivity index (χ1v) is 6.44.